The van der Waals surface area contributed by atoms with Crippen molar-refractivity contribution >= 4 is 16.8 Å². The minimum atomic E-state index is -4.31. The molecule has 1 saturated heterocycles. The minimum absolute atomic E-state index is 0.0979. The second-order valence-corrected chi connectivity index (χ2v) is 6.66. The second-order valence-electron chi connectivity index (χ2n) is 6.66. The summed E-state index contributed by atoms with van der Waals surface area (Å²) in [6.45, 7) is 1.36. The lowest BCUT2D eigenvalue weighted by Gasteiger charge is -2.32. The molecule has 0 spiro atoms. The van der Waals surface area contributed by atoms with Crippen molar-refractivity contribution < 1.29 is 18.0 Å². The molecule has 1 aromatic heterocycles. The molecule has 1 fully saturated rings. The number of carbonyl (C=O) groups excluding carboxylic acids is 1. The molecule has 2 aromatic rings. The van der Waals surface area contributed by atoms with Crippen LogP contribution in [-0.4, -0.2) is 39.6 Å². The van der Waals surface area contributed by atoms with Crippen molar-refractivity contribution in [1.82, 2.24) is 14.5 Å². The molecule has 1 aliphatic heterocycles. The number of likely N-dealkylation sites (tertiary alicyclic amines) is 1. The molecule has 26 heavy (non-hydrogen) atoms. The van der Waals surface area contributed by atoms with E-state index in [1.165, 1.54) is 11.2 Å². The Labute approximate surface area is 148 Å². The quantitative estimate of drug-likeness (QED) is 0.835. The van der Waals surface area contributed by atoms with Gasteiger partial charge in [0, 0.05) is 26.1 Å². The molecule has 0 saturated carbocycles. The van der Waals surface area contributed by atoms with Gasteiger partial charge in [0.1, 0.15) is 0 Å². The van der Waals surface area contributed by atoms with Gasteiger partial charge >= 0.3 is 6.18 Å². The number of carbonyl (C=O) groups is 1. The average molecular weight is 367 g/mol. The molecule has 0 N–H and O–H groups in total. The van der Waals surface area contributed by atoms with Crippen molar-refractivity contribution in [2.45, 2.75) is 38.4 Å². The van der Waals surface area contributed by atoms with Gasteiger partial charge in [-0.05, 0) is 30.9 Å². The van der Waals surface area contributed by atoms with E-state index in [1.807, 2.05) is 6.07 Å². The Morgan fingerprint density at radius 2 is 1.88 bits per heavy atom. The summed E-state index contributed by atoms with van der Waals surface area (Å²) < 4.78 is 38.3. The van der Waals surface area contributed by atoms with Gasteiger partial charge in [0.25, 0.3) is 5.56 Å². The Morgan fingerprint density at radius 3 is 2.58 bits per heavy atom. The van der Waals surface area contributed by atoms with Crippen molar-refractivity contribution in [3.05, 3.63) is 40.9 Å². The van der Waals surface area contributed by atoms with Gasteiger partial charge in [-0.2, -0.15) is 13.2 Å². The summed E-state index contributed by atoms with van der Waals surface area (Å²) in [7, 11) is 0. The van der Waals surface area contributed by atoms with Crippen LogP contribution in [0.5, 0.6) is 0 Å². The molecule has 3 rings (SSSR count). The molecule has 1 amide bonds. The highest BCUT2D eigenvalue weighted by Crippen LogP contribution is 2.24. The van der Waals surface area contributed by atoms with E-state index in [0.717, 1.165) is 0 Å². The first-order valence-corrected chi connectivity index (χ1v) is 8.62. The Bertz CT molecular complexity index is 839. The highest BCUT2D eigenvalue weighted by molar-refractivity contribution is 5.77. The van der Waals surface area contributed by atoms with E-state index < -0.39 is 24.9 Å². The normalized spacial score (nSPS) is 16.2. The van der Waals surface area contributed by atoms with Gasteiger partial charge in [0.05, 0.1) is 23.7 Å². The van der Waals surface area contributed by atoms with Crippen LogP contribution in [-0.2, 0) is 11.3 Å². The van der Waals surface area contributed by atoms with E-state index >= 15 is 0 Å². The Hall–Kier alpha value is -2.38. The van der Waals surface area contributed by atoms with E-state index in [-0.39, 0.29) is 11.5 Å². The van der Waals surface area contributed by atoms with Crippen LogP contribution in [0.2, 0.25) is 0 Å². The van der Waals surface area contributed by atoms with Gasteiger partial charge in [-0.3, -0.25) is 14.2 Å². The minimum Gasteiger partial charge on any atom is -0.343 e. The van der Waals surface area contributed by atoms with E-state index in [9.17, 15) is 22.8 Å². The van der Waals surface area contributed by atoms with Gasteiger partial charge in [-0.15, -0.1) is 0 Å². The average Bonchev–Trinajstić information content (AvgIpc) is 2.62. The van der Waals surface area contributed by atoms with Crippen molar-refractivity contribution in [3.63, 3.8) is 0 Å². The number of nitrogens with zero attached hydrogens (tertiary/aromatic N) is 3. The molecule has 2 heterocycles. The van der Waals surface area contributed by atoms with Crippen LogP contribution in [0.3, 0.4) is 0 Å². The van der Waals surface area contributed by atoms with Crippen LogP contribution < -0.4 is 5.56 Å². The first-order valence-electron chi connectivity index (χ1n) is 8.62. The Morgan fingerprint density at radius 1 is 1.19 bits per heavy atom. The van der Waals surface area contributed by atoms with Crippen LogP contribution in [0.1, 0.15) is 25.7 Å². The summed E-state index contributed by atoms with van der Waals surface area (Å²) in [5.74, 6) is -0.257. The maximum Gasteiger partial charge on any atom is 0.389 e. The monoisotopic (exact) mass is 367 g/mol. The van der Waals surface area contributed by atoms with Crippen molar-refractivity contribution in [2.75, 3.05) is 13.1 Å². The van der Waals surface area contributed by atoms with Crippen LogP contribution >= 0.6 is 0 Å². The fourth-order valence-corrected chi connectivity index (χ4v) is 3.29. The number of hydrogen-bond acceptors (Lipinski definition) is 3. The SMILES string of the molecule is O=C(CCC(F)(F)F)N1CCC(Cn2cnc3ccccc3c2=O)CC1. The highest BCUT2D eigenvalue weighted by atomic mass is 19.4. The van der Waals surface area contributed by atoms with E-state index in [4.69, 9.17) is 0 Å². The number of benzene rings is 1. The Kier molecular flexibility index (Phi) is 5.29. The maximum atomic E-state index is 12.5. The van der Waals surface area contributed by atoms with Crippen LogP contribution in [0.4, 0.5) is 13.2 Å². The van der Waals surface area contributed by atoms with Crippen molar-refractivity contribution in [1.29, 1.82) is 0 Å². The van der Waals surface area contributed by atoms with Crippen LogP contribution in [0.15, 0.2) is 35.4 Å². The number of fused-ring (bicyclic) bond motifs is 1. The zero-order valence-corrected chi connectivity index (χ0v) is 14.2. The van der Waals surface area contributed by atoms with E-state index in [2.05, 4.69) is 4.98 Å². The first-order chi connectivity index (χ1) is 12.3. The lowest BCUT2D eigenvalue weighted by molar-refractivity contribution is -0.149. The molecule has 0 bridgehead atoms. The number of aromatic nitrogens is 2. The number of para-hydroxylation sites is 1. The largest absolute Gasteiger partial charge is 0.389 e. The molecule has 0 aliphatic carbocycles. The summed E-state index contributed by atoms with van der Waals surface area (Å²) in [4.78, 5) is 30.2. The highest BCUT2D eigenvalue weighted by Gasteiger charge is 2.30. The van der Waals surface area contributed by atoms with Gasteiger partial charge in [-0.25, -0.2) is 4.98 Å². The molecule has 5 nitrogen and oxygen atoms in total. The maximum absolute atomic E-state index is 12.5. The van der Waals surface area contributed by atoms with E-state index in [0.29, 0.717) is 43.4 Å². The molecule has 8 heteroatoms. The first kappa shape index (κ1) is 18.4. The number of halogens is 3. The summed E-state index contributed by atoms with van der Waals surface area (Å²) in [6.07, 6.45) is -3.02. The fourth-order valence-electron chi connectivity index (χ4n) is 3.29. The molecule has 0 atom stereocenters. The predicted octanol–water partition coefficient (Wildman–Crippen LogP) is 2.98. The molecule has 1 aromatic carbocycles. The molecule has 1 aliphatic rings. The molecule has 0 unspecified atom stereocenters. The van der Waals surface area contributed by atoms with Gasteiger partial charge in [0.15, 0.2) is 0 Å². The predicted molar refractivity (Wildman–Crippen MR) is 90.6 cm³/mol. The smallest absolute Gasteiger partial charge is 0.343 e. The summed E-state index contributed by atoms with van der Waals surface area (Å²) in [5.41, 5.74) is 0.554. The molecule has 140 valence electrons. The van der Waals surface area contributed by atoms with Crippen molar-refractivity contribution in [3.8, 4) is 0 Å². The fraction of sp³-hybridized carbons (Fsp3) is 0.500. The number of alkyl halides is 3. The molecular formula is C18H20F3N3O2. The standard InChI is InChI=1S/C18H20F3N3O2/c19-18(20,21)8-5-16(25)23-9-6-13(7-10-23)11-24-12-22-15-4-2-1-3-14(15)17(24)26/h1-4,12-13H,5-11H2. The second kappa shape index (κ2) is 7.47. The zero-order chi connectivity index (χ0) is 18.7. The Balaban J connectivity index is 1.57. The molecular weight excluding hydrogens is 347 g/mol. The van der Waals surface area contributed by atoms with Gasteiger partial charge in [0.2, 0.25) is 5.91 Å². The molecule has 0 radical (unpaired) electrons. The van der Waals surface area contributed by atoms with Gasteiger partial charge in [-0.1, -0.05) is 12.1 Å². The summed E-state index contributed by atoms with van der Waals surface area (Å²) in [6, 6.07) is 7.14. The summed E-state index contributed by atoms with van der Waals surface area (Å²) in [5, 5.41) is 0.565. The number of rotatable bonds is 4. The zero-order valence-electron chi connectivity index (χ0n) is 14.2. The summed E-state index contributed by atoms with van der Waals surface area (Å²) >= 11 is 0. The lowest BCUT2D eigenvalue weighted by atomic mass is 9.96. The third-order valence-electron chi connectivity index (χ3n) is 4.78. The number of piperidine rings is 1. The van der Waals surface area contributed by atoms with E-state index in [1.54, 1.807) is 22.8 Å². The lowest BCUT2D eigenvalue weighted by Crippen LogP contribution is -2.40. The van der Waals surface area contributed by atoms with Gasteiger partial charge < -0.3 is 4.90 Å². The number of amides is 1. The van der Waals surface area contributed by atoms with Crippen LogP contribution in [0.25, 0.3) is 10.9 Å². The van der Waals surface area contributed by atoms with Crippen LogP contribution in [0, 0.1) is 5.92 Å². The number of hydrogen-bond donors (Lipinski definition) is 0. The topological polar surface area (TPSA) is 55.2 Å². The van der Waals surface area contributed by atoms with Crippen molar-refractivity contribution in [2.24, 2.45) is 5.92 Å². The third kappa shape index (κ3) is 4.42. The third-order valence-corrected chi connectivity index (χ3v) is 4.78.